The summed E-state index contributed by atoms with van der Waals surface area (Å²) in [4.78, 5) is 0. The Hall–Kier alpha value is -2.08. The molecular formula is C22H24F2O3. The second kappa shape index (κ2) is 9.22. The van der Waals surface area contributed by atoms with Crippen molar-refractivity contribution >= 4 is 0 Å². The number of hydrogen-bond donors (Lipinski definition) is 0. The highest BCUT2D eigenvalue weighted by Gasteiger charge is 2.25. The second-order valence-corrected chi connectivity index (χ2v) is 6.65. The van der Waals surface area contributed by atoms with Crippen molar-refractivity contribution in [1.82, 2.24) is 0 Å². The van der Waals surface area contributed by atoms with Crippen LogP contribution < -0.4 is 0 Å². The lowest BCUT2D eigenvalue weighted by Crippen LogP contribution is -2.27. The predicted molar refractivity (Wildman–Crippen MR) is 99.2 cm³/mol. The fraction of sp³-hybridized carbons (Fsp3) is 0.364. The van der Waals surface area contributed by atoms with Crippen molar-refractivity contribution in [3.05, 3.63) is 83.4 Å². The Morgan fingerprint density at radius 1 is 1.11 bits per heavy atom. The van der Waals surface area contributed by atoms with Crippen molar-refractivity contribution in [2.45, 2.75) is 25.2 Å². The topological polar surface area (TPSA) is 27.7 Å². The smallest absolute Gasteiger partial charge is 0.183 e. The Kier molecular flexibility index (Phi) is 6.72. The molecule has 1 fully saturated rings. The van der Waals surface area contributed by atoms with Gasteiger partial charge in [0.25, 0.3) is 0 Å². The Morgan fingerprint density at radius 2 is 1.74 bits per heavy atom. The van der Waals surface area contributed by atoms with Gasteiger partial charge in [-0.3, -0.25) is 0 Å². The van der Waals surface area contributed by atoms with Crippen molar-refractivity contribution in [1.29, 1.82) is 0 Å². The molecule has 1 atom stereocenters. The van der Waals surface area contributed by atoms with Crippen LogP contribution in [-0.4, -0.2) is 20.3 Å². The second-order valence-electron chi connectivity index (χ2n) is 6.65. The van der Waals surface area contributed by atoms with Gasteiger partial charge in [0.1, 0.15) is 17.7 Å². The molecule has 1 unspecified atom stereocenters. The van der Waals surface area contributed by atoms with Crippen molar-refractivity contribution in [3.8, 4) is 0 Å². The van der Waals surface area contributed by atoms with E-state index in [1.54, 1.807) is 12.1 Å². The van der Waals surface area contributed by atoms with Crippen molar-refractivity contribution in [2.24, 2.45) is 5.92 Å². The minimum Gasteiger partial charge on any atom is -0.372 e. The van der Waals surface area contributed by atoms with E-state index in [-0.39, 0.29) is 5.56 Å². The Balaban J connectivity index is 1.71. The summed E-state index contributed by atoms with van der Waals surface area (Å²) in [5, 5.41) is 0. The fourth-order valence-electron chi connectivity index (χ4n) is 3.27. The van der Waals surface area contributed by atoms with Gasteiger partial charge in [0.05, 0.1) is 18.8 Å². The van der Waals surface area contributed by atoms with Crippen molar-refractivity contribution < 1.29 is 23.0 Å². The normalized spacial score (nSPS) is 21.0. The number of methoxy groups -OCH3 is 1. The zero-order valence-corrected chi connectivity index (χ0v) is 15.4. The Bertz CT molecular complexity index is 732. The number of rotatable bonds is 7. The Labute approximate surface area is 158 Å². The summed E-state index contributed by atoms with van der Waals surface area (Å²) >= 11 is 0. The van der Waals surface area contributed by atoms with Crippen molar-refractivity contribution in [3.63, 3.8) is 0 Å². The standard InChI is InChI=1S/C22H24F2O3/c1-3-4-6-15-13-26-22(27-14-15)17-11-9-16(10-12-17)21(25-2)20-18(23)7-5-8-19(20)24/h3,5,7-12,15,21-22H,1,4,6,13-14H2,2H3. The van der Waals surface area contributed by atoms with Gasteiger partial charge < -0.3 is 14.2 Å². The van der Waals surface area contributed by atoms with Gasteiger partial charge in [0, 0.05) is 18.6 Å². The molecule has 5 heteroatoms. The average molecular weight is 374 g/mol. The molecule has 2 aromatic carbocycles. The molecule has 0 bridgehead atoms. The van der Waals surface area contributed by atoms with Crippen LogP contribution in [0.1, 0.15) is 41.9 Å². The highest BCUT2D eigenvalue weighted by molar-refractivity contribution is 5.34. The molecule has 1 heterocycles. The van der Waals surface area contributed by atoms with Crippen LogP contribution in [0.2, 0.25) is 0 Å². The molecule has 0 spiro atoms. The molecule has 3 rings (SSSR count). The summed E-state index contributed by atoms with van der Waals surface area (Å²) in [7, 11) is 1.43. The number of allylic oxidation sites excluding steroid dienone is 1. The van der Waals surface area contributed by atoms with Gasteiger partial charge in [0.15, 0.2) is 6.29 Å². The van der Waals surface area contributed by atoms with Crippen LogP contribution in [0.3, 0.4) is 0 Å². The number of benzene rings is 2. The van der Waals surface area contributed by atoms with Gasteiger partial charge in [-0.15, -0.1) is 6.58 Å². The van der Waals surface area contributed by atoms with Crippen LogP contribution in [0.4, 0.5) is 8.78 Å². The lowest BCUT2D eigenvalue weighted by atomic mass is 9.98. The summed E-state index contributed by atoms with van der Waals surface area (Å²) in [5.41, 5.74) is 1.43. The minimum absolute atomic E-state index is 0.0945. The number of ether oxygens (including phenoxy) is 3. The lowest BCUT2D eigenvalue weighted by molar-refractivity contribution is -0.205. The van der Waals surface area contributed by atoms with E-state index in [4.69, 9.17) is 14.2 Å². The van der Waals surface area contributed by atoms with E-state index in [2.05, 4.69) is 6.58 Å². The first-order chi connectivity index (χ1) is 13.1. The van der Waals surface area contributed by atoms with Gasteiger partial charge in [-0.1, -0.05) is 36.4 Å². The van der Waals surface area contributed by atoms with Crippen molar-refractivity contribution in [2.75, 3.05) is 20.3 Å². The first kappa shape index (κ1) is 19.7. The predicted octanol–water partition coefficient (Wildman–Crippen LogP) is 5.33. The monoisotopic (exact) mass is 374 g/mol. The number of hydrogen-bond acceptors (Lipinski definition) is 3. The third kappa shape index (κ3) is 4.61. The summed E-state index contributed by atoms with van der Waals surface area (Å²) in [6.45, 7) is 5.01. The molecule has 3 nitrogen and oxygen atoms in total. The van der Waals surface area contributed by atoms with Crippen LogP contribution >= 0.6 is 0 Å². The zero-order valence-electron chi connectivity index (χ0n) is 15.4. The zero-order chi connectivity index (χ0) is 19.2. The van der Waals surface area contributed by atoms with Gasteiger partial charge in [0.2, 0.25) is 0 Å². The highest BCUT2D eigenvalue weighted by Crippen LogP contribution is 2.32. The van der Waals surface area contributed by atoms with Gasteiger partial charge in [-0.2, -0.15) is 0 Å². The molecule has 1 aliphatic rings. The molecule has 2 aromatic rings. The van der Waals surface area contributed by atoms with Crippen LogP contribution in [0, 0.1) is 17.6 Å². The van der Waals surface area contributed by atoms with Crippen LogP contribution in [-0.2, 0) is 14.2 Å². The average Bonchev–Trinajstić information content (AvgIpc) is 2.70. The molecule has 1 saturated heterocycles. The molecule has 0 saturated carbocycles. The van der Waals surface area contributed by atoms with E-state index in [9.17, 15) is 8.78 Å². The van der Waals surface area contributed by atoms with Gasteiger partial charge in [-0.05, 0) is 30.5 Å². The molecule has 0 N–H and O–H groups in total. The summed E-state index contributed by atoms with van der Waals surface area (Å²) in [6, 6.07) is 11.0. The van der Waals surface area contributed by atoms with Crippen LogP contribution in [0.25, 0.3) is 0 Å². The van der Waals surface area contributed by atoms with Gasteiger partial charge >= 0.3 is 0 Å². The lowest BCUT2D eigenvalue weighted by Gasteiger charge is -2.29. The first-order valence-electron chi connectivity index (χ1n) is 9.04. The Morgan fingerprint density at radius 3 is 2.30 bits per heavy atom. The molecule has 1 aliphatic heterocycles. The molecule has 0 aliphatic carbocycles. The van der Waals surface area contributed by atoms with E-state index in [0.717, 1.165) is 18.4 Å². The van der Waals surface area contributed by atoms with E-state index in [1.807, 2.05) is 18.2 Å². The molecule has 144 valence electrons. The maximum atomic E-state index is 14.1. The quantitative estimate of drug-likeness (QED) is 0.613. The maximum Gasteiger partial charge on any atom is 0.183 e. The minimum atomic E-state index is -0.822. The van der Waals surface area contributed by atoms with E-state index < -0.39 is 24.0 Å². The molecule has 0 radical (unpaired) electrons. The van der Waals surface area contributed by atoms with E-state index in [0.29, 0.717) is 24.7 Å². The van der Waals surface area contributed by atoms with E-state index >= 15 is 0 Å². The summed E-state index contributed by atoms with van der Waals surface area (Å²) in [6.07, 6.45) is 2.60. The van der Waals surface area contributed by atoms with Gasteiger partial charge in [-0.25, -0.2) is 8.78 Å². The molecule has 27 heavy (non-hydrogen) atoms. The fourth-order valence-corrected chi connectivity index (χ4v) is 3.27. The first-order valence-corrected chi connectivity index (χ1v) is 9.04. The SMILES string of the molecule is C=CCCC1COC(c2ccc(C(OC)c3c(F)cccc3F)cc2)OC1. The highest BCUT2D eigenvalue weighted by atomic mass is 19.1. The van der Waals surface area contributed by atoms with Crippen LogP contribution in [0.15, 0.2) is 55.1 Å². The van der Waals surface area contributed by atoms with Crippen LogP contribution in [0.5, 0.6) is 0 Å². The third-order valence-corrected chi connectivity index (χ3v) is 4.75. The summed E-state index contributed by atoms with van der Waals surface area (Å²) in [5.74, 6) is -0.883. The van der Waals surface area contributed by atoms with E-state index in [1.165, 1.54) is 25.3 Å². The third-order valence-electron chi connectivity index (χ3n) is 4.75. The number of halogens is 2. The molecular weight excluding hydrogens is 350 g/mol. The maximum absolute atomic E-state index is 14.1. The summed E-state index contributed by atoms with van der Waals surface area (Å²) < 4.78 is 45.2. The largest absolute Gasteiger partial charge is 0.372 e. The molecule has 0 amide bonds. The molecule has 0 aromatic heterocycles.